The van der Waals surface area contributed by atoms with Crippen LogP contribution in [-0.4, -0.2) is 32.6 Å². The molecular formula is C21H22N2O4. The number of anilines is 2. The molecule has 0 saturated carbocycles. The Bertz CT molecular complexity index is 938. The van der Waals surface area contributed by atoms with Gasteiger partial charge in [0.25, 0.3) is 5.91 Å². The van der Waals surface area contributed by atoms with E-state index in [-0.39, 0.29) is 17.7 Å². The second-order valence-electron chi connectivity index (χ2n) is 6.91. The maximum atomic E-state index is 12.7. The molecule has 0 fully saturated rings. The zero-order valence-corrected chi connectivity index (χ0v) is 15.7. The lowest BCUT2D eigenvalue weighted by atomic mass is 9.96. The zero-order valence-electron chi connectivity index (χ0n) is 15.7. The number of ether oxygens (including phenoxy) is 2. The number of rotatable bonds is 4. The number of benzene rings is 2. The van der Waals surface area contributed by atoms with Gasteiger partial charge in [0.1, 0.15) is 0 Å². The van der Waals surface area contributed by atoms with E-state index < -0.39 is 0 Å². The fraction of sp³-hybridized carbons (Fsp3) is 0.333. The normalized spacial score (nSPS) is 17.5. The third-order valence-corrected chi connectivity index (χ3v) is 5.32. The minimum atomic E-state index is -0.229. The molecule has 2 aromatic rings. The molecule has 2 aliphatic heterocycles. The molecule has 0 aliphatic carbocycles. The molecule has 27 heavy (non-hydrogen) atoms. The summed E-state index contributed by atoms with van der Waals surface area (Å²) in [5.41, 5.74) is 4.36. The summed E-state index contributed by atoms with van der Waals surface area (Å²) in [7, 11) is 3.09. The van der Waals surface area contributed by atoms with Gasteiger partial charge < -0.3 is 19.7 Å². The highest BCUT2D eigenvalue weighted by atomic mass is 16.5. The van der Waals surface area contributed by atoms with Crippen LogP contribution in [0.3, 0.4) is 0 Å². The van der Waals surface area contributed by atoms with Crippen LogP contribution >= 0.6 is 0 Å². The van der Waals surface area contributed by atoms with Crippen LogP contribution < -0.4 is 19.7 Å². The highest BCUT2D eigenvalue weighted by Crippen LogP contribution is 2.44. The second kappa shape index (κ2) is 6.61. The Labute approximate surface area is 158 Å². The molecule has 4 rings (SSSR count). The quantitative estimate of drug-likeness (QED) is 0.901. The Kier molecular flexibility index (Phi) is 4.26. The summed E-state index contributed by atoms with van der Waals surface area (Å²) in [6, 6.07) is 8.96. The molecule has 0 unspecified atom stereocenters. The minimum absolute atomic E-state index is 0.148. The summed E-state index contributed by atoms with van der Waals surface area (Å²) in [6.07, 6.45) is 1.86. The van der Waals surface area contributed by atoms with Gasteiger partial charge in [0.2, 0.25) is 5.91 Å². The van der Waals surface area contributed by atoms with Crippen LogP contribution in [0.1, 0.15) is 40.7 Å². The van der Waals surface area contributed by atoms with E-state index in [4.69, 9.17) is 9.47 Å². The topological polar surface area (TPSA) is 67.9 Å². The van der Waals surface area contributed by atoms with Crippen molar-refractivity contribution in [1.82, 2.24) is 0 Å². The number of carbonyl (C=O) groups is 2. The van der Waals surface area contributed by atoms with E-state index in [0.717, 1.165) is 36.2 Å². The standard InChI is InChI=1S/C21H22N2O4/c1-12-16-11-15(9-13-5-4-8-23(19(13)16)21(12)25)22-20(24)14-6-7-17(26-2)18(10-14)27-3/h6-7,9-12H,4-5,8H2,1-3H3,(H,22,24)/t12-/m0/s1. The SMILES string of the molecule is COc1ccc(C(=O)Nc2cc3c4c(c2)[C@H](C)C(=O)N4CCC3)cc1OC. The van der Waals surface area contributed by atoms with Crippen LogP contribution in [-0.2, 0) is 11.2 Å². The predicted octanol–water partition coefficient (Wildman–Crippen LogP) is 3.35. The number of methoxy groups -OCH3 is 2. The first-order valence-electron chi connectivity index (χ1n) is 9.05. The third-order valence-electron chi connectivity index (χ3n) is 5.32. The molecule has 1 N–H and O–H groups in total. The maximum Gasteiger partial charge on any atom is 0.255 e. The van der Waals surface area contributed by atoms with Crippen molar-refractivity contribution < 1.29 is 19.1 Å². The number of nitrogens with zero attached hydrogens (tertiary/aromatic N) is 1. The smallest absolute Gasteiger partial charge is 0.255 e. The highest BCUT2D eigenvalue weighted by molar-refractivity contribution is 6.08. The number of hydrogen-bond donors (Lipinski definition) is 1. The van der Waals surface area contributed by atoms with Crippen molar-refractivity contribution in [3.63, 3.8) is 0 Å². The molecule has 2 aromatic carbocycles. The van der Waals surface area contributed by atoms with Gasteiger partial charge in [-0.3, -0.25) is 9.59 Å². The Morgan fingerprint density at radius 3 is 2.67 bits per heavy atom. The molecule has 0 saturated heterocycles. The zero-order chi connectivity index (χ0) is 19.1. The number of hydrogen-bond acceptors (Lipinski definition) is 4. The van der Waals surface area contributed by atoms with Gasteiger partial charge in [-0.2, -0.15) is 0 Å². The van der Waals surface area contributed by atoms with Crippen LogP contribution in [0.5, 0.6) is 11.5 Å². The Morgan fingerprint density at radius 1 is 1.15 bits per heavy atom. The minimum Gasteiger partial charge on any atom is -0.493 e. The Hall–Kier alpha value is -3.02. The van der Waals surface area contributed by atoms with E-state index in [9.17, 15) is 9.59 Å². The average molecular weight is 366 g/mol. The fourth-order valence-electron chi connectivity index (χ4n) is 3.95. The molecular weight excluding hydrogens is 344 g/mol. The summed E-state index contributed by atoms with van der Waals surface area (Å²) in [5.74, 6) is 0.823. The number of nitrogens with one attached hydrogen (secondary N) is 1. The second-order valence-corrected chi connectivity index (χ2v) is 6.91. The van der Waals surface area contributed by atoms with E-state index in [1.807, 2.05) is 24.0 Å². The summed E-state index contributed by atoms with van der Waals surface area (Å²) in [6.45, 7) is 2.71. The van der Waals surface area contributed by atoms with Crippen LogP contribution in [0.4, 0.5) is 11.4 Å². The van der Waals surface area contributed by atoms with Crippen LogP contribution in [0.2, 0.25) is 0 Å². The molecule has 0 bridgehead atoms. The van der Waals surface area contributed by atoms with E-state index in [2.05, 4.69) is 5.32 Å². The van der Waals surface area contributed by atoms with Gasteiger partial charge in [0.05, 0.1) is 25.8 Å². The number of amides is 2. The van der Waals surface area contributed by atoms with Crippen molar-refractivity contribution in [3.8, 4) is 11.5 Å². The van der Waals surface area contributed by atoms with E-state index in [0.29, 0.717) is 22.7 Å². The van der Waals surface area contributed by atoms with Crippen LogP contribution in [0, 0.1) is 0 Å². The molecule has 140 valence electrons. The van der Waals surface area contributed by atoms with Crippen molar-refractivity contribution >= 4 is 23.2 Å². The molecule has 2 amide bonds. The largest absolute Gasteiger partial charge is 0.493 e. The summed E-state index contributed by atoms with van der Waals surface area (Å²) >= 11 is 0. The molecule has 2 heterocycles. The maximum absolute atomic E-state index is 12.7. The number of aryl methyl sites for hydroxylation is 1. The van der Waals surface area contributed by atoms with Gasteiger partial charge in [0.15, 0.2) is 11.5 Å². The monoisotopic (exact) mass is 366 g/mol. The van der Waals surface area contributed by atoms with Crippen molar-refractivity contribution in [2.24, 2.45) is 0 Å². The van der Waals surface area contributed by atoms with Crippen molar-refractivity contribution in [2.45, 2.75) is 25.7 Å². The molecule has 2 aliphatic rings. The van der Waals surface area contributed by atoms with Gasteiger partial charge in [-0.15, -0.1) is 0 Å². The predicted molar refractivity (Wildman–Crippen MR) is 103 cm³/mol. The van der Waals surface area contributed by atoms with Gasteiger partial charge in [-0.05, 0) is 61.2 Å². The summed E-state index contributed by atoms with van der Waals surface area (Å²) < 4.78 is 10.5. The first kappa shape index (κ1) is 17.4. The van der Waals surface area contributed by atoms with Crippen LogP contribution in [0.15, 0.2) is 30.3 Å². The lowest BCUT2D eigenvalue weighted by molar-refractivity contribution is -0.119. The van der Waals surface area contributed by atoms with Crippen molar-refractivity contribution in [3.05, 3.63) is 47.0 Å². The van der Waals surface area contributed by atoms with E-state index in [1.54, 1.807) is 25.3 Å². The van der Waals surface area contributed by atoms with Gasteiger partial charge >= 0.3 is 0 Å². The molecule has 6 nitrogen and oxygen atoms in total. The molecule has 0 spiro atoms. The van der Waals surface area contributed by atoms with E-state index in [1.165, 1.54) is 7.11 Å². The first-order chi connectivity index (χ1) is 13.0. The fourth-order valence-corrected chi connectivity index (χ4v) is 3.95. The van der Waals surface area contributed by atoms with Gasteiger partial charge in [0, 0.05) is 17.8 Å². The number of carbonyl (C=O) groups excluding carboxylic acids is 2. The molecule has 0 aromatic heterocycles. The molecule has 0 radical (unpaired) electrons. The van der Waals surface area contributed by atoms with Gasteiger partial charge in [-0.25, -0.2) is 0 Å². The Balaban J connectivity index is 1.64. The van der Waals surface area contributed by atoms with Crippen molar-refractivity contribution in [1.29, 1.82) is 0 Å². The lowest BCUT2D eigenvalue weighted by Crippen LogP contribution is -2.32. The summed E-state index contributed by atoms with van der Waals surface area (Å²) in [5, 5.41) is 2.96. The first-order valence-corrected chi connectivity index (χ1v) is 9.05. The van der Waals surface area contributed by atoms with E-state index >= 15 is 0 Å². The summed E-state index contributed by atoms with van der Waals surface area (Å²) in [4.78, 5) is 27.1. The highest BCUT2D eigenvalue weighted by Gasteiger charge is 2.37. The third kappa shape index (κ3) is 2.81. The van der Waals surface area contributed by atoms with Gasteiger partial charge in [-0.1, -0.05) is 0 Å². The average Bonchev–Trinajstić information content (AvgIpc) is 2.94. The molecule has 6 heteroatoms. The van der Waals surface area contributed by atoms with Crippen molar-refractivity contribution in [2.75, 3.05) is 31.0 Å². The van der Waals surface area contributed by atoms with Crippen LogP contribution in [0.25, 0.3) is 0 Å². The lowest BCUT2D eigenvalue weighted by Gasteiger charge is -2.26. The molecule has 1 atom stereocenters. The Morgan fingerprint density at radius 2 is 1.93 bits per heavy atom.